The number of amides is 4. The quantitative estimate of drug-likeness (QED) is 0.737. The molecular formula is C22H28N4O4. The predicted molar refractivity (Wildman–Crippen MR) is 109 cm³/mol. The van der Waals surface area contributed by atoms with Crippen LogP contribution in [-0.2, 0) is 19.2 Å². The molecule has 2 aliphatic heterocycles. The van der Waals surface area contributed by atoms with Crippen LogP contribution in [0, 0.1) is 0 Å². The number of benzene rings is 1. The molecule has 4 rings (SSSR count). The molecule has 1 unspecified atom stereocenters. The van der Waals surface area contributed by atoms with Crippen LogP contribution in [0.2, 0.25) is 0 Å². The second-order valence-electron chi connectivity index (χ2n) is 8.22. The van der Waals surface area contributed by atoms with Gasteiger partial charge in [-0.05, 0) is 31.2 Å². The summed E-state index contributed by atoms with van der Waals surface area (Å²) in [6, 6.07) is 8.90. The van der Waals surface area contributed by atoms with Gasteiger partial charge in [-0.25, -0.2) is 0 Å². The van der Waals surface area contributed by atoms with E-state index in [1.165, 1.54) is 4.90 Å². The summed E-state index contributed by atoms with van der Waals surface area (Å²) < 4.78 is 0. The number of piperidine rings is 1. The summed E-state index contributed by atoms with van der Waals surface area (Å²) >= 11 is 0. The maximum atomic E-state index is 13.5. The molecule has 3 aliphatic rings. The molecule has 1 aromatic rings. The van der Waals surface area contributed by atoms with Crippen molar-refractivity contribution in [3.63, 3.8) is 0 Å². The molecule has 2 saturated heterocycles. The van der Waals surface area contributed by atoms with Gasteiger partial charge in [0.15, 0.2) is 0 Å². The van der Waals surface area contributed by atoms with Crippen molar-refractivity contribution in [2.75, 3.05) is 32.7 Å². The van der Waals surface area contributed by atoms with Crippen molar-refractivity contribution in [2.24, 2.45) is 0 Å². The Morgan fingerprint density at radius 3 is 2.20 bits per heavy atom. The summed E-state index contributed by atoms with van der Waals surface area (Å²) in [5.74, 6) is -1.20. The highest BCUT2D eigenvalue weighted by atomic mass is 16.2. The zero-order valence-corrected chi connectivity index (χ0v) is 17.1. The fourth-order valence-corrected chi connectivity index (χ4v) is 4.11. The lowest BCUT2D eigenvalue weighted by atomic mass is 9.99. The van der Waals surface area contributed by atoms with Crippen LogP contribution in [0.15, 0.2) is 30.3 Å². The first-order valence-electron chi connectivity index (χ1n) is 10.8. The summed E-state index contributed by atoms with van der Waals surface area (Å²) in [5, 5.41) is 2.72. The highest BCUT2D eigenvalue weighted by Crippen LogP contribution is 2.28. The van der Waals surface area contributed by atoms with E-state index in [1.807, 2.05) is 30.3 Å². The van der Waals surface area contributed by atoms with E-state index >= 15 is 0 Å². The highest BCUT2D eigenvalue weighted by Gasteiger charge is 2.37. The van der Waals surface area contributed by atoms with Gasteiger partial charge in [-0.2, -0.15) is 0 Å². The predicted octanol–water partition coefficient (Wildman–Crippen LogP) is 0.690. The minimum atomic E-state index is -0.639. The molecule has 0 spiro atoms. The first-order valence-corrected chi connectivity index (χ1v) is 10.8. The minimum Gasteiger partial charge on any atom is -0.345 e. The highest BCUT2D eigenvalue weighted by molar-refractivity contribution is 6.35. The van der Waals surface area contributed by atoms with Gasteiger partial charge in [0, 0.05) is 45.2 Å². The van der Waals surface area contributed by atoms with Gasteiger partial charge in [-0.1, -0.05) is 30.3 Å². The molecule has 30 heavy (non-hydrogen) atoms. The van der Waals surface area contributed by atoms with Crippen molar-refractivity contribution in [1.29, 1.82) is 0 Å². The minimum absolute atomic E-state index is 0.00835. The molecule has 8 heteroatoms. The van der Waals surface area contributed by atoms with Gasteiger partial charge in [0.1, 0.15) is 6.04 Å². The van der Waals surface area contributed by atoms with Crippen LogP contribution in [0.1, 0.15) is 43.7 Å². The molecule has 1 aliphatic carbocycles. The van der Waals surface area contributed by atoms with Crippen molar-refractivity contribution in [3.05, 3.63) is 35.9 Å². The SMILES string of the molecule is O=C(NC1CC1)C(=O)N1CCN(C(=O)C(c2ccccc2)N2CCCCC2=O)CC1. The van der Waals surface area contributed by atoms with Gasteiger partial charge in [-0.15, -0.1) is 0 Å². The second kappa shape index (κ2) is 8.85. The fourth-order valence-electron chi connectivity index (χ4n) is 4.11. The zero-order chi connectivity index (χ0) is 21.1. The number of hydrogen-bond donors (Lipinski definition) is 1. The third-order valence-electron chi connectivity index (χ3n) is 6.01. The largest absolute Gasteiger partial charge is 0.345 e. The lowest BCUT2D eigenvalue weighted by Gasteiger charge is -2.40. The summed E-state index contributed by atoms with van der Waals surface area (Å²) in [7, 11) is 0. The van der Waals surface area contributed by atoms with E-state index in [4.69, 9.17) is 0 Å². The van der Waals surface area contributed by atoms with Crippen LogP contribution in [-0.4, -0.2) is 77.1 Å². The molecule has 0 radical (unpaired) electrons. The van der Waals surface area contributed by atoms with Crippen LogP contribution in [0.3, 0.4) is 0 Å². The van der Waals surface area contributed by atoms with Crippen molar-refractivity contribution in [2.45, 2.75) is 44.2 Å². The average molecular weight is 412 g/mol. The number of hydrogen-bond acceptors (Lipinski definition) is 4. The second-order valence-corrected chi connectivity index (χ2v) is 8.22. The van der Waals surface area contributed by atoms with Crippen molar-refractivity contribution in [3.8, 4) is 0 Å². The molecule has 160 valence electrons. The molecule has 1 N–H and O–H groups in total. The zero-order valence-electron chi connectivity index (χ0n) is 17.1. The van der Waals surface area contributed by atoms with E-state index in [2.05, 4.69) is 5.32 Å². The first-order chi connectivity index (χ1) is 14.5. The van der Waals surface area contributed by atoms with Gasteiger partial charge in [0.25, 0.3) is 0 Å². The Morgan fingerprint density at radius 1 is 0.900 bits per heavy atom. The van der Waals surface area contributed by atoms with E-state index in [0.29, 0.717) is 39.1 Å². The molecule has 0 bridgehead atoms. The molecule has 2 heterocycles. The van der Waals surface area contributed by atoms with Crippen molar-refractivity contribution in [1.82, 2.24) is 20.0 Å². The van der Waals surface area contributed by atoms with Gasteiger partial charge in [0.2, 0.25) is 11.8 Å². The first kappa shape index (κ1) is 20.4. The maximum Gasteiger partial charge on any atom is 0.312 e. The number of piperazine rings is 1. The third kappa shape index (κ3) is 4.47. The Balaban J connectivity index is 1.43. The number of likely N-dealkylation sites (tertiary alicyclic amines) is 1. The Hall–Kier alpha value is -2.90. The van der Waals surface area contributed by atoms with Gasteiger partial charge in [0.05, 0.1) is 0 Å². The topological polar surface area (TPSA) is 90.0 Å². The number of nitrogens with one attached hydrogen (secondary N) is 1. The lowest BCUT2D eigenvalue weighted by Crippen LogP contribution is -2.56. The average Bonchev–Trinajstić information content (AvgIpc) is 3.59. The standard InChI is InChI=1S/C22H28N4O4/c27-18-8-4-5-11-26(18)19(16-6-2-1-3-7-16)21(29)24-12-14-25(15-13-24)22(30)20(28)23-17-9-10-17/h1-3,6-7,17,19H,4-5,8-15H2,(H,23,28). The van der Waals surface area contributed by atoms with Gasteiger partial charge < -0.3 is 20.0 Å². The molecule has 0 aromatic heterocycles. The van der Waals surface area contributed by atoms with Crippen LogP contribution in [0.5, 0.6) is 0 Å². The Kier molecular flexibility index (Phi) is 6.01. The van der Waals surface area contributed by atoms with E-state index in [-0.39, 0.29) is 17.9 Å². The van der Waals surface area contributed by atoms with Crippen LogP contribution in [0.4, 0.5) is 0 Å². The smallest absolute Gasteiger partial charge is 0.312 e. The molecule has 1 aromatic carbocycles. The molecular weight excluding hydrogens is 384 g/mol. The monoisotopic (exact) mass is 412 g/mol. The number of nitrogens with zero attached hydrogens (tertiary/aromatic N) is 3. The maximum absolute atomic E-state index is 13.5. The van der Waals surface area contributed by atoms with Crippen molar-refractivity contribution < 1.29 is 19.2 Å². The Bertz CT molecular complexity index is 816. The number of carbonyl (C=O) groups excluding carboxylic acids is 4. The molecule has 1 saturated carbocycles. The molecule has 1 atom stereocenters. The molecule has 3 fully saturated rings. The fraction of sp³-hybridized carbons (Fsp3) is 0.545. The molecule has 4 amide bonds. The van der Waals surface area contributed by atoms with E-state index in [1.54, 1.807) is 9.80 Å². The summed E-state index contributed by atoms with van der Waals surface area (Å²) in [6.07, 6.45) is 4.07. The third-order valence-corrected chi connectivity index (χ3v) is 6.01. The molecule has 8 nitrogen and oxygen atoms in total. The lowest BCUT2D eigenvalue weighted by molar-refractivity contribution is -0.152. The summed E-state index contributed by atoms with van der Waals surface area (Å²) in [4.78, 5) is 55.3. The van der Waals surface area contributed by atoms with E-state index < -0.39 is 17.9 Å². The number of carbonyl (C=O) groups is 4. The Labute approximate surface area is 176 Å². The normalized spacial score (nSPS) is 20.7. The summed E-state index contributed by atoms with van der Waals surface area (Å²) in [5.41, 5.74) is 0.806. The Morgan fingerprint density at radius 2 is 1.57 bits per heavy atom. The van der Waals surface area contributed by atoms with Gasteiger partial charge in [-0.3, -0.25) is 19.2 Å². The van der Waals surface area contributed by atoms with Gasteiger partial charge >= 0.3 is 11.8 Å². The summed E-state index contributed by atoms with van der Waals surface area (Å²) in [6.45, 7) is 1.92. The van der Waals surface area contributed by atoms with Crippen LogP contribution >= 0.6 is 0 Å². The number of rotatable bonds is 4. The van der Waals surface area contributed by atoms with E-state index in [0.717, 1.165) is 31.2 Å². The van der Waals surface area contributed by atoms with Crippen LogP contribution < -0.4 is 5.32 Å². The van der Waals surface area contributed by atoms with Crippen molar-refractivity contribution >= 4 is 23.6 Å². The van der Waals surface area contributed by atoms with Crippen LogP contribution in [0.25, 0.3) is 0 Å². The van der Waals surface area contributed by atoms with E-state index in [9.17, 15) is 19.2 Å².